The van der Waals surface area contributed by atoms with E-state index in [4.69, 9.17) is 9.47 Å². The van der Waals surface area contributed by atoms with Crippen molar-refractivity contribution in [1.29, 1.82) is 0 Å². The maximum Gasteiger partial charge on any atom is 0.347 e. The minimum atomic E-state index is -0.686. The Bertz CT molecular complexity index is 625. The summed E-state index contributed by atoms with van der Waals surface area (Å²) >= 11 is 0. The second-order valence-corrected chi connectivity index (χ2v) is 4.77. The number of rotatable bonds is 6. The van der Waals surface area contributed by atoms with E-state index in [9.17, 15) is 9.18 Å². The maximum absolute atomic E-state index is 14.0. The molecule has 116 valence electrons. The number of esters is 1. The zero-order chi connectivity index (χ0) is 15.9. The van der Waals surface area contributed by atoms with Crippen molar-refractivity contribution in [2.45, 2.75) is 26.4 Å². The van der Waals surface area contributed by atoms with E-state index >= 15 is 0 Å². The molecule has 0 spiro atoms. The van der Waals surface area contributed by atoms with E-state index in [0.717, 1.165) is 5.56 Å². The summed E-state index contributed by atoms with van der Waals surface area (Å²) in [5.41, 5.74) is 1.20. The fraction of sp³-hybridized carbons (Fsp3) is 0.278. The molecule has 0 bridgehead atoms. The Morgan fingerprint density at radius 3 is 2.50 bits per heavy atom. The van der Waals surface area contributed by atoms with E-state index in [-0.39, 0.29) is 5.82 Å². The van der Waals surface area contributed by atoms with Crippen LogP contribution in [0.3, 0.4) is 0 Å². The van der Waals surface area contributed by atoms with Crippen molar-refractivity contribution in [2.75, 3.05) is 6.61 Å². The SMILES string of the molecule is CCOC(=O)C(CC)Oc1ccc(F)c(-c2ccccc2)c1. The Hall–Kier alpha value is -2.36. The summed E-state index contributed by atoms with van der Waals surface area (Å²) in [7, 11) is 0. The monoisotopic (exact) mass is 302 g/mol. The average molecular weight is 302 g/mol. The van der Waals surface area contributed by atoms with Gasteiger partial charge >= 0.3 is 5.97 Å². The van der Waals surface area contributed by atoms with E-state index in [1.165, 1.54) is 12.1 Å². The van der Waals surface area contributed by atoms with Crippen molar-refractivity contribution in [3.05, 3.63) is 54.3 Å². The van der Waals surface area contributed by atoms with Crippen LogP contribution in [0.5, 0.6) is 5.75 Å². The van der Waals surface area contributed by atoms with E-state index < -0.39 is 12.1 Å². The molecule has 4 heteroatoms. The van der Waals surface area contributed by atoms with Crippen molar-refractivity contribution in [1.82, 2.24) is 0 Å². The summed E-state index contributed by atoms with van der Waals surface area (Å²) in [5.74, 6) is -0.293. The van der Waals surface area contributed by atoms with Gasteiger partial charge in [-0.2, -0.15) is 0 Å². The lowest BCUT2D eigenvalue weighted by molar-refractivity contribution is -0.151. The number of carbonyl (C=O) groups is 1. The third kappa shape index (κ3) is 3.85. The van der Waals surface area contributed by atoms with Gasteiger partial charge in [0, 0.05) is 5.56 Å². The molecule has 0 saturated carbocycles. The molecule has 0 aliphatic carbocycles. The van der Waals surface area contributed by atoms with Gasteiger partial charge in [-0.1, -0.05) is 37.3 Å². The summed E-state index contributed by atoms with van der Waals surface area (Å²) in [6.07, 6.45) is -0.203. The third-order valence-corrected chi connectivity index (χ3v) is 3.22. The number of ether oxygens (including phenoxy) is 2. The molecule has 0 N–H and O–H groups in total. The zero-order valence-corrected chi connectivity index (χ0v) is 12.7. The van der Waals surface area contributed by atoms with Crippen molar-refractivity contribution in [3.8, 4) is 16.9 Å². The first-order valence-corrected chi connectivity index (χ1v) is 7.34. The van der Waals surface area contributed by atoms with Gasteiger partial charge in [0.1, 0.15) is 11.6 Å². The van der Waals surface area contributed by atoms with Crippen LogP contribution in [0.25, 0.3) is 11.1 Å². The Kier molecular flexibility index (Phi) is 5.53. The zero-order valence-electron chi connectivity index (χ0n) is 12.7. The van der Waals surface area contributed by atoms with Crippen molar-refractivity contribution in [3.63, 3.8) is 0 Å². The molecule has 1 unspecified atom stereocenters. The van der Waals surface area contributed by atoms with Gasteiger partial charge in [-0.05, 0) is 37.1 Å². The smallest absolute Gasteiger partial charge is 0.347 e. The van der Waals surface area contributed by atoms with Crippen LogP contribution in [0.2, 0.25) is 0 Å². The van der Waals surface area contributed by atoms with Crippen LogP contribution in [0, 0.1) is 5.82 Å². The molecule has 2 aromatic carbocycles. The van der Waals surface area contributed by atoms with Gasteiger partial charge in [-0.25, -0.2) is 9.18 Å². The highest BCUT2D eigenvalue weighted by Crippen LogP contribution is 2.27. The number of hydrogen-bond donors (Lipinski definition) is 0. The normalized spacial score (nSPS) is 11.8. The van der Waals surface area contributed by atoms with Gasteiger partial charge in [0.2, 0.25) is 0 Å². The van der Waals surface area contributed by atoms with Crippen LogP contribution in [-0.2, 0) is 9.53 Å². The third-order valence-electron chi connectivity index (χ3n) is 3.22. The molecule has 0 saturated heterocycles. The summed E-state index contributed by atoms with van der Waals surface area (Å²) in [5, 5.41) is 0. The van der Waals surface area contributed by atoms with Crippen LogP contribution in [0.1, 0.15) is 20.3 Å². The molecule has 0 aromatic heterocycles. The molecule has 0 radical (unpaired) electrons. The Labute approximate surface area is 129 Å². The molecule has 1 atom stereocenters. The van der Waals surface area contributed by atoms with Gasteiger partial charge in [0.25, 0.3) is 0 Å². The summed E-state index contributed by atoms with van der Waals surface area (Å²) in [6.45, 7) is 3.89. The Morgan fingerprint density at radius 2 is 1.86 bits per heavy atom. The van der Waals surface area contributed by atoms with Gasteiger partial charge in [0.05, 0.1) is 6.61 Å². The summed E-state index contributed by atoms with van der Waals surface area (Å²) in [6, 6.07) is 13.7. The van der Waals surface area contributed by atoms with E-state index in [2.05, 4.69) is 0 Å². The molecular formula is C18H19FO3. The van der Waals surface area contributed by atoms with Gasteiger partial charge < -0.3 is 9.47 Å². The predicted octanol–water partition coefficient (Wildman–Crippen LogP) is 4.21. The fourth-order valence-corrected chi connectivity index (χ4v) is 2.11. The van der Waals surface area contributed by atoms with E-state index in [1.807, 2.05) is 37.3 Å². The van der Waals surface area contributed by atoms with Crippen molar-refractivity contribution in [2.24, 2.45) is 0 Å². The van der Waals surface area contributed by atoms with E-state index in [0.29, 0.717) is 24.3 Å². The van der Waals surface area contributed by atoms with Crippen LogP contribution in [0.4, 0.5) is 4.39 Å². The first-order chi connectivity index (χ1) is 10.7. The topological polar surface area (TPSA) is 35.5 Å². The molecule has 22 heavy (non-hydrogen) atoms. The van der Waals surface area contributed by atoms with Crippen LogP contribution in [0.15, 0.2) is 48.5 Å². The van der Waals surface area contributed by atoms with Crippen LogP contribution >= 0.6 is 0 Å². The quantitative estimate of drug-likeness (QED) is 0.750. The lowest BCUT2D eigenvalue weighted by atomic mass is 10.0. The first kappa shape index (κ1) is 16.0. The highest BCUT2D eigenvalue weighted by molar-refractivity contribution is 5.75. The summed E-state index contributed by atoms with van der Waals surface area (Å²) < 4.78 is 24.6. The minimum absolute atomic E-state index is 0.303. The number of carbonyl (C=O) groups excluding carboxylic acids is 1. The molecule has 0 fully saturated rings. The molecule has 0 aliphatic heterocycles. The van der Waals surface area contributed by atoms with Gasteiger partial charge in [-0.3, -0.25) is 0 Å². The van der Waals surface area contributed by atoms with Gasteiger partial charge in [-0.15, -0.1) is 0 Å². The largest absolute Gasteiger partial charge is 0.479 e. The molecule has 3 nitrogen and oxygen atoms in total. The van der Waals surface area contributed by atoms with Crippen molar-refractivity contribution >= 4 is 5.97 Å². The standard InChI is InChI=1S/C18H19FO3/c1-3-17(18(20)21-4-2)22-14-10-11-16(19)15(12-14)13-8-6-5-7-9-13/h5-12,17H,3-4H2,1-2H3. The second-order valence-electron chi connectivity index (χ2n) is 4.77. The molecule has 0 heterocycles. The Balaban J connectivity index is 2.24. The first-order valence-electron chi connectivity index (χ1n) is 7.34. The van der Waals surface area contributed by atoms with Crippen molar-refractivity contribution < 1.29 is 18.7 Å². The molecule has 0 amide bonds. The minimum Gasteiger partial charge on any atom is -0.479 e. The lowest BCUT2D eigenvalue weighted by Crippen LogP contribution is -2.28. The highest BCUT2D eigenvalue weighted by Gasteiger charge is 2.20. The lowest BCUT2D eigenvalue weighted by Gasteiger charge is -2.16. The molecule has 0 aliphatic rings. The maximum atomic E-state index is 14.0. The second kappa shape index (κ2) is 7.59. The number of benzene rings is 2. The number of hydrogen-bond acceptors (Lipinski definition) is 3. The average Bonchev–Trinajstić information content (AvgIpc) is 2.55. The van der Waals surface area contributed by atoms with Crippen LogP contribution < -0.4 is 4.74 Å². The number of halogens is 1. The Morgan fingerprint density at radius 1 is 1.14 bits per heavy atom. The molecule has 2 aromatic rings. The molecular weight excluding hydrogens is 283 g/mol. The predicted molar refractivity (Wildman–Crippen MR) is 83.2 cm³/mol. The van der Waals surface area contributed by atoms with Crippen LogP contribution in [-0.4, -0.2) is 18.7 Å². The fourth-order valence-electron chi connectivity index (χ4n) is 2.11. The molecule has 2 rings (SSSR count). The highest BCUT2D eigenvalue weighted by atomic mass is 19.1. The summed E-state index contributed by atoms with van der Waals surface area (Å²) in [4.78, 5) is 11.8. The van der Waals surface area contributed by atoms with E-state index in [1.54, 1.807) is 13.0 Å². The van der Waals surface area contributed by atoms with Gasteiger partial charge in [0.15, 0.2) is 6.10 Å².